The lowest BCUT2D eigenvalue weighted by molar-refractivity contribution is -0.185. The summed E-state index contributed by atoms with van der Waals surface area (Å²) in [6, 6.07) is 0.516. The van der Waals surface area contributed by atoms with Gasteiger partial charge in [-0.15, -0.1) is 0 Å². The lowest BCUT2D eigenvalue weighted by atomic mass is 9.43. The molecule has 0 aromatic heterocycles. The molecule has 4 saturated carbocycles. The summed E-state index contributed by atoms with van der Waals surface area (Å²) in [4.78, 5) is 2.65. The monoisotopic (exact) mass is 457 g/mol. The van der Waals surface area contributed by atoms with Crippen LogP contribution in [0.15, 0.2) is 0 Å². The molecular formula is C23H40BrNO3. The van der Waals surface area contributed by atoms with Crippen LogP contribution in [0.1, 0.15) is 59.3 Å². The molecule has 2 N–H and O–H groups in total. The predicted molar refractivity (Wildman–Crippen MR) is 115 cm³/mol. The summed E-state index contributed by atoms with van der Waals surface area (Å²) in [6.45, 7) is 7.63. The number of hydrogen-bond acceptors (Lipinski definition) is 4. The molecule has 11 atom stereocenters. The van der Waals surface area contributed by atoms with Gasteiger partial charge in [0.1, 0.15) is 0 Å². The van der Waals surface area contributed by atoms with Gasteiger partial charge in [0.05, 0.1) is 18.3 Å². The van der Waals surface area contributed by atoms with Crippen LogP contribution < -0.4 is 0 Å². The molecule has 4 aliphatic carbocycles. The van der Waals surface area contributed by atoms with Crippen molar-refractivity contribution in [3.05, 3.63) is 0 Å². The van der Waals surface area contributed by atoms with E-state index in [1.54, 1.807) is 0 Å². The largest absolute Gasteiger partial charge is 0.392 e. The van der Waals surface area contributed by atoms with Gasteiger partial charge in [-0.1, -0.05) is 29.8 Å². The van der Waals surface area contributed by atoms with Gasteiger partial charge in [0, 0.05) is 17.5 Å². The highest BCUT2D eigenvalue weighted by molar-refractivity contribution is 9.09. The summed E-state index contributed by atoms with van der Waals surface area (Å²) in [6.07, 6.45) is 5.82. The second-order valence-electron chi connectivity index (χ2n) is 11.0. The molecule has 0 heterocycles. The Morgan fingerprint density at radius 1 is 1.04 bits per heavy atom. The summed E-state index contributed by atoms with van der Waals surface area (Å²) in [5.74, 6) is 2.43. The number of aliphatic hydroxyl groups excluding tert-OH is 2. The summed E-state index contributed by atoms with van der Waals surface area (Å²) in [5, 5.41) is 21.4. The fourth-order valence-electron chi connectivity index (χ4n) is 8.23. The van der Waals surface area contributed by atoms with Gasteiger partial charge in [-0.3, -0.25) is 0 Å². The van der Waals surface area contributed by atoms with Crippen LogP contribution in [0.2, 0.25) is 0 Å². The summed E-state index contributed by atoms with van der Waals surface area (Å²) < 4.78 is 6.01. The molecular weight excluding hydrogens is 418 g/mol. The molecule has 28 heavy (non-hydrogen) atoms. The number of hydrogen-bond donors (Lipinski definition) is 2. The minimum absolute atomic E-state index is 0.0285. The lowest BCUT2D eigenvalue weighted by Crippen LogP contribution is -2.63. The van der Waals surface area contributed by atoms with E-state index in [1.807, 2.05) is 6.92 Å². The third-order valence-corrected chi connectivity index (χ3v) is 11.2. The minimum Gasteiger partial charge on any atom is -0.392 e. The molecule has 0 spiro atoms. The van der Waals surface area contributed by atoms with Gasteiger partial charge in [0.15, 0.2) is 0 Å². The van der Waals surface area contributed by atoms with Crippen molar-refractivity contribution in [2.45, 2.75) is 88.5 Å². The zero-order chi connectivity index (χ0) is 20.4. The van der Waals surface area contributed by atoms with Crippen molar-refractivity contribution in [1.82, 2.24) is 4.90 Å². The van der Waals surface area contributed by atoms with Crippen molar-refractivity contribution in [2.75, 3.05) is 20.7 Å². The van der Waals surface area contributed by atoms with Gasteiger partial charge in [-0.25, -0.2) is 0 Å². The van der Waals surface area contributed by atoms with Gasteiger partial charge in [0.2, 0.25) is 0 Å². The van der Waals surface area contributed by atoms with Crippen LogP contribution in [0, 0.1) is 34.5 Å². The summed E-state index contributed by atoms with van der Waals surface area (Å²) in [7, 11) is 4.48. The van der Waals surface area contributed by atoms with E-state index in [9.17, 15) is 10.2 Å². The quantitative estimate of drug-likeness (QED) is 0.634. The topological polar surface area (TPSA) is 52.9 Å². The molecule has 0 aromatic rings. The molecule has 5 heteroatoms. The van der Waals surface area contributed by atoms with Crippen molar-refractivity contribution in [3.63, 3.8) is 0 Å². The molecule has 0 aliphatic heterocycles. The normalized spacial score (nSPS) is 56.2. The van der Waals surface area contributed by atoms with Crippen LogP contribution in [0.4, 0.5) is 0 Å². The van der Waals surface area contributed by atoms with E-state index in [0.717, 1.165) is 25.7 Å². The van der Waals surface area contributed by atoms with Crippen molar-refractivity contribution < 1.29 is 14.9 Å². The van der Waals surface area contributed by atoms with E-state index in [4.69, 9.17) is 4.74 Å². The van der Waals surface area contributed by atoms with Crippen molar-refractivity contribution in [3.8, 4) is 0 Å². The van der Waals surface area contributed by atoms with Crippen LogP contribution in [0.3, 0.4) is 0 Å². The third-order valence-electron chi connectivity index (χ3n) is 9.53. The first-order valence-electron chi connectivity index (χ1n) is 11.4. The van der Waals surface area contributed by atoms with E-state index in [1.165, 1.54) is 12.8 Å². The Labute approximate surface area is 179 Å². The Bertz CT molecular complexity index is 588. The molecule has 6 unspecified atom stereocenters. The lowest BCUT2D eigenvalue weighted by Gasteiger charge is -2.64. The van der Waals surface area contributed by atoms with E-state index in [2.05, 4.69) is 48.8 Å². The highest BCUT2D eigenvalue weighted by Crippen LogP contribution is 2.67. The molecule has 4 aliphatic rings. The highest BCUT2D eigenvalue weighted by atomic mass is 79.9. The van der Waals surface area contributed by atoms with E-state index >= 15 is 0 Å². The molecule has 4 rings (SSSR count). The Hall–Kier alpha value is 0.320. The minimum atomic E-state index is -0.318. The Morgan fingerprint density at radius 2 is 1.75 bits per heavy atom. The van der Waals surface area contributed by atoms with Crippen molar-refractivity contribution in [2.24, 2.45) is 34.5 Å². The van der Waals surface area contributed by atoms with Crippen molar-refractivity contribution in [1.29, 1.82) is 0 Å². The standard InChI is InChI=1S/C23H40BrNO3/c1-6-28-19-12-22(2)13(9-17(19)26)7-8-14-15-10-18(27)21(24)23(15,3)11-16(20(14)22)25(4)5/h13-21,26-27H,6-12H2,1-5H3/t13?,14-,15-,16?,17?,18?,19?,20-,21?,22-,23-/m0/s1. The Balaban J connectivity index is 1.72. The van der Waals surface area contributed by atoms with Gasteiger partial charge in [-0.05, 0) is 94.0 Å². The highest BCUT2D eigenvalue weighted by Gasteiger charge is 2.65. The average Bonchev–Trinajstić information content (AvgIpc) is 2.86. The summed E-state index contributed by atoms with van der Waals surface area (Å²) >= 11 is 3.89. The first-order chi connectivity index (χ1) is 13.1. The van der Waals surface area contributed by atoms with Crippen LogP contribution in [0.5, 0.6) is 0 Å². The fourth-order valence-corrected chi connectivity index (χ4v) is 8.97. The van der Waals surface area contributed by atoms with E-state index in [0.29, 0.717) is 36.3 Å². The fraction of sp³-hybridized carbons (Fsp3) is 1.00. The maximum Gasteiger partial charge on any atom is 0.0839 e. The predicted octanol–water partition coefficient (Wildman–Crippen LogP) is 3.68. The van der Waals surface area contributed by atoms with E-state index in [-0.39, 0.29) is 34.0 Å². The number of halogens is 1. The number of alkyl halides is 1. The van der Waals surface area contributed by atoms with Crippen molar-refractivity contribution >= 4 is 15.9 Å². The first kappa shape index (κ1) is 21.5. The summed E-state index contributed by atoms with van der Waals surface area (Å²) in [5.41, 5.74) is 0.361. The molecule has 0 bridgehead atoms. The molecule has 162 valence electrons. The van der Waals surface area contributed by atoms with E-state index < -0.39 is 0 Å². The zero-order valence-corrected chi connectivity index (χ0v) is 19.9. The molecule has 0 aromatic carbocycles. The number of rotatable bonds is 3. The smallest absolute Gasteiger partial charge is 0.0839 e. The van der Waals surface area contributed by atoms with Gasteiger partial charge in [-0.2, -0.15) is 0 Å². The van der Waals surface area contributed by atoms with Gasteiger partial charge < -0.3 is 19.8 Å². The van der Waals surface area contributed by atoms with Crippen LogP contribution in [0.25, 0.3) is 0 Å². The van der Waals surface area contributed by atoms with Crippen LogP contribution in [-0.2, 0) is 4.74 Å². The zero-order valence-electron chi connectivity index (χ0n) is 18.3. The average molecular weight is 458 g/mol. The molecule has 4 nitrogen and oxygen atoms in total. The number of nitrogens with zero attached hydrogens (tertiary/aromatic N) is 1. The first-order valence-corrected chi connectivity index (χ1v) is 12.3. The Morgan fingerprint density at radius 3 is 2.39 bits per heavy atom. The Kier molecular flexibility index (Phi) is 5.75. The van der Waals surface area contributed by atoms with Crippen LogP contribution in [-0.4, -0.2) is 65.0 Å². The van der Waals surface area contributed by atoms with Gasteiger partial charge >= 0.3 is 0 Å². The molecule has 4 fully saturated rings. The number of fused-ring (bicyclic) bond motifs is 5. The van der Waals surface area contributed by atoms with Crippen LogP contribution >= 0.6 is 15.9 Å². The maximum absolute atomic E-state index is 10.7. The number of ether oxygens (including phenoxy) is 1. The molecule has 0 saturated heterocycles. The molecule has 0 radical (unpaired) electrons. The molecule has 0 amide bonds. The number of aliphatic hydroxyl groups is 2. The second-order valence-corrected chi connectivity index (χ2v) is 12.0. The maximum atomic E-state index is 10.7. The third kappa shape index (κ3) is 3.05. The second kappa shape index (κ2) is 7.47. The SMILES string of the molecule is CCOC1C[C@@]2(C)C(CC[C@@H]3[C@H]2C(N(C)C)C[C@]2(C)C(Br)C(O)C[C@@H]32)CC1O. The van der Waals surface area contributed by atoms with Gasteiger partial charge in [0.25, 0.3) is 0 Å².